The van der Waals surface area contributed by atoms with Crippen LogP contribution in [0.3, 0.4) is 0 Å². The highest BCUT2D eigenvalue weighted by Gasteiger charge is 2.16. The number of pyridine rings is 1. The zero-order chi connectivity index (χ0) is 23.2. The highest BCUT2D eigenvalue weighted by Crippen LogP contribution is 2.16. The summed E-state index contributed by atoms with van der Waals surface area (Å²) >= 11 is 5.79. The van der Waals surface area contributed by atoms with Gasteiger partial charge in [-0.15, -0.1) is 0 Å². The number of aromatic amines is 1. The van der Waals surface area contributed by atoms with E-state index in [1.807, 2.05) is 31.2 Å². The summed E-state index contributed by atoms with van der Waals surface area (Å²) in [5.74, 6) is 0. The van der Waals surface area contributed by atoms with E-state index in [4.69, 9.17) is 17.0 Å². The summed E-state index contributed by atoms with van der Waals surface area (Å²) in [6.45, 7) is 9.82. The Morgan fingerprint density at radius 3 is 2.70 bits per heavy atom. The molecule has 7 heteroatoms. The molecule has 1 aromatic heterocycles. The lowest BCUT2D eigenvalue weighted by Gasteiger charge is -2.29. The lowest BCUT2D eigenvalue weighted by atomic mass is 10.1. The van der Waals surface area contributed by atoms with Crippen LogP contribution in [-0.4, -0.2) is 59.3 Å². The second kappa shape index (κ2) is 10.9. The van der Waals surface area contributed by atoms with Crippen molar-refractivity contribution in [2.45, 2.75) is 26.8 Å². The second-order valence-corrected chi connectivity index (χ2v) is 9.13. The van der Waals surface area contributed by atoms with Crippen LogP contribution in [0.25, 0.3) is 10.9 Å². The fourth-order valence-corrected chi connectivity index (χ4v) is 4.44. The van der Waals surface area contributed by atoms with E-state index in [1.165, 1.54) is 5.56 Å². The number of hydrogen-bond donors (Lipinski definition) is 2. The van der Waals surface area contributed by atoms with Gasteiger partial charge in [0.25, 0.3) is 5.56 Å². The molecule has 174 valence electrons. The van der Waals surface area contributed by atoms with Gasteiger partial charge in [-0.25, -0.2) is 0 Å². The van der Waals surface area contributed by atoms with E-state index in [-0.39, 0.29) is 5.56 Å². The van der Waals surface area contributed by atoms with Crippen molar-refractivity contribution in [3.05, 3.63) is 75.6 Å². The molecule has 1 saturated heterocycles. The van der Waals surface area contributed by atoms with Crippen molar-refractivity contribution >= 4 is 33.9 Å². The van der Waals surface area contributed by atoms with Gasteiger partial charge >= 0.3 is 0 Å². The maximum atomic E-state index is 12.9. The first-order chi connectivity index (χ1) is 16.0. The fourth-order valence-electron chi connectivity index (χ4n) is 4.17. The molecule has 0 atom stereocenters. The lowest BCUT2D eigenvalue weighted by molar-refractivity contribution is 0.0367. The van der Waals surface area contributed by atoms with Gasteiger partial charge in [-0.1, -0.05) is 24.3 Å². The molecule has 6 nitrogen and oxygen atoms in total. The van der Waals surface area contributed by atoms with Crippen molar-refractivity contribution in [3.63, 3.8) is 0 Å². The van der Waals surface area contributed by atoms with Gasteiger partial charge in [-0.3, -0.25) is 9.69 Å². The number of nitrogens with one attached hydrogen (secondary N) is 2. The summed E-state index contributed by atoms with van der Waals surface area (Å²) in [6, 6.07) is 16.3. The van der Waals surface area contributed by atoms with Crippen LogP contribution in [0.15, 0.2) is 53.3 Å². The third-order valence-corrected chi connectivity index (χ3v) is 6.36. The number of thiocarbonyl (C=S) groups is 1. The maximum absolute atomic E-state index is 12.9. The number of H-pyrrole nitrogens is 1. The van der Waals surface area contributed by atoms with Gasteiger partial charge in [-0.05, 0) is 73.3 Å². The Labute approximate surface area is 200 Å². The molecule has 4 rings (SSSR count). The summed E-state index contributed by atoms with van der Waals surface area (Å²) in [6.07, 6.45) is 0.959. The van der Waals surface area contributed by atoms with Crippen molar-refractivity contribution in [3.8, 4) is 0 Å². The van der Waals surface area contributed by atoms with Gasteiger partial charge in [-0.2, -0.15) is 0 Å². The molecule has 1 aliphatic rings. The summed E-state index contributed by atoms with van der Waals surface area (Å²) in [5.41, 5.74) is 4.77. The number of nitrogens with zero attached hydrogens (tertiary/aromatic N) is 2. The molecule has 0 amide bonds. The first-order valence-electron chi connectivity index (χ1n) is 11.5. The molecule has 2 N–H and O–H groups in total. The van der Waals surface area contributed by atoms with Gasteiger partial charge in [0.05, 0.1) is 19.8 Å². The number of fused-ring (bicyclic) bond motifs is 1. The van der Waals surface area contributed by atoms with Gasteiger partial charge in [0.15, 0.2) is 5.11 Å². The first-order valence-corrected chi connectivity index (χ1v) is 11.9. The van der Waals surface area contributed by atoms with Crippen molar-refractivity contribution in [1.82, 2.24) is 14.8 Å². The molecular weight excluding hydrogens is 432 g/mol. The topological polar surface area (TPSA) is 60.6 Å². The predicted molar refractivity (Wildman–Crippen MR) is 139 cm³/mol. The van der Waals surface area contributed by atoms with Gasteiger partial charge in [0.1, 0.15) is 0 Å². The Kier molecular flexibility index (Phi) is 7.75. The van der Waals surface area contributed by atoms with E-state index in [9.17, 15) is 4.79 Å². The number of aromatic nitrogens is 1. The monoisotopic (exact) mass is 464 g/mol. The van der Waals surface area contributed by atoms with Crippen LogP contribution in [0, 0.1) is 13.8 Å². The minimum absolute atomic E-state index is 0.0652. The van der Waals surface area contributed by atoms with Crippen LogP contribution >= 0.6 is 12.2 Å². The highest BCUT2D eigenvalue weighted by atomic mass is 32.1. The van der Waals surface area contributed by atoms with E-state index in [2.05, 4.69) is 51.3 Å². The van der Waals surface area contributed by atoms with Crippen molar-refractivity contribution in [2.75, 3.05) is 44.7 Å². The van der Waals surface area contributed by atoms with Gasteiger partial charge in [0.2, 0.25) is 0 Å². The minimum Gasteiger partial charge on any atom is -0.379 e. The SMILES string of the molecule is Cc1cccc(NC(=S)N(CCCN2CCOCC2)Cc2cc3ccc(C)cc3[nH]c2=O)c1. The fraction of sp³-hybridized carbons (Fsp3) is 0.385. The zero-order valence-electron chi connectivity index (χ0n) is 19.4. The van der Waals surface area contributed by atoms with Crippen LogP contribution in [-0.2, 0) is 11.3 Å². The Morgan fingerprint density at radius 1 is 1.12 bits per heavy atom. The van der Waals surface area contributed by atoms with E-state index >= 15 is 0 Å². The van der Waals surface area contributed by atoms with E-state index < -0.39 is 0 Å². The third-order valence-electron chi connectivity index (χ3n) is 6.00. The number of benzene rings is 2. The molecule has 0 spiro atoms. The Hall–Kier alpha value is -2.74. The Balaban J connectivity index is 1.51. The van der Waals surface area contributed by atoms with E-state index in [0.717, 1.165) is 68.0 Å². The van der Waals surface area contributed by atoms with Crippen LogP contribution in [0.1, 0.15) is 23.1 Å². The number of hydrogen-bond acceptors (Lipinski definition) is 4. The number of anilines is 1. The van der Waals surface area contributed by atoms with Crippen LogP contribution < -0.4 is 10.9 Å². The molecule has 0 radical (unpaired) electrons. The summed E-state index contributed by atoms with van der Waals surface area (Å²) in [4.78, 5) is 20.4. The number of morpholine rings is 1. The predicted octanol–water partition coefficient (Wildman–Crippen LogP) is 4.07. The molecule has 2 heterocycles. The molecule has 1 fully saturated rings. The lowest BCUT2D eigenvalue weighted by Crippen LogP contribution is -2.40. The molecule has 0 aliphatic carbocycles. The number of rotatable bonds is 7. The smallest absolute Gasteiger partial charge is 0.253 e. The second-order valence-electron chi connectivity index (χ2n) is 8.74. The molecule has 0 bridgehead atoms. The van der Waals surface area contributed by atoms with Crippen molar-refractivity contribution < 1.29 is 4.74 Å². The van der Waals surface area contributed by atoms with Crippen LogP contribution in [0.4, 0.5) is 5.69 Å². The summed E-state index contributed by atoms with van der Waals surface area (Å²) in [5, 5.41) is 5.03. The van der Waals surface area contributed by atoms with Crippen molar-refractivity contribution in [2.24, 2.45) is 0 Å². The zero-order valence-corrected chi connectivity index (χ0v) is 20.2. The van der Waals surface area contributed by atoms with Crippen LogP contribution in [0.2, 0.25) is 0 Å². The molecule has 0 unspecified atom stereocenters. The number of ether oxygens (including phenoxy) is 1. The summed E-state index contributed by atoms with van der Waals surface area (Å²) in [7, 11) is 0. The minimum atomic E-state index is -0.0652. The Morgan fingerprint density at radius 2 is 1.91 bits per heavy atom. The molecule has 2 aromatic carbocycles. The summed E-state index contributed by atoms with van der Waals surface area (Å²) < 4.78 is 5.45. The average molecular weight is 465 g/mol. The maximum Gasteiger partial charge on any atom is 0.253 e. The quantitative estimate of drug-likeness (QED) is 0.514. The first kappa shape index (κ1) is 23.4. The highest BCUT2D eigenvalue weighted by molar-refractivity contribution is 7.80. The van der Waals surface area contributed by atoms with Crippen LogP contribution in [0.5, 0.6) is 0 Å². The molecule has 1 aliphatic heterocycles. The van der Waals surface area contributed by atoms with Gasteiger partial charge < -0.3 is 19.9 Å². The van der Waals surface area contributed by atoms with Crippen molar-refractivity contribution in [1.29, 1.82) is 0 Å². The molecule has 0 saturated carbocycles. The average Bonchev–Trinajstić information content (AvgIpc) is 2.79. The standard InChI is InChI=1S/C26H32N4O2S/c1-19-5-3-6-23(15-19)27-26(33)30(10-4-9-29-11-13-32-14-12-29)18-22-17-21-8-7-20(2)16-24(21)28-25(22)31/h3,5-8,15-17H,4,9-14,18H2,1-2H3,(H,27,33)(H,28,31). The number of aryl methyl sites for hydroxylation is 2. The van der Waals surface area contributed by atoms with Gasteiger partial charge in [0, 0.05) is 42.9 Å². The van der Waals surface area contributed by atoms with E-state index in [0.29, 0.717) is 17.2 Å². The largest absolute Gasteiger partial charge is 0.379 e. The van der Waals surface area contributed by atoms with E-state index in [1.54, 1.807) is 0 Å². The third kappa shape index (κ3) is 6.41. The normalized spacial score (nSPS) is 14.4. The molecule has 3 aromatic rings. The molecule has 33 heavy (non-hydrogen) atoms. The molecular formula is C26H32N4O2S. The Bertz CT molecular complexity index is 1170.